The van der Waals surface area contributed by atoms with Gasteiger partial charge in [0.1, 0.15) is 16.4 Å². The van der Waals surface area contributed by atoms with Gasteiger partial charge in [-0.2, -0.15) is 0 Å². The van der Waals surface area contributed by atoms with Gasteiger partial charge in [-0.3, -0.25) is 4.79 Å². The van der Waals surface area contributed by atoms with E-state index in [4.69, 9.17) is 4.74 Å². The number of carbonyl (C=O) groups is 1. The highest BCUT2D eigenvalue weighted by Crippen LogP contribution is 2.30. The molecule has 4 rings (SSSR count). The van der Waals surface area contributed by atoms with Gasteiger partial charge in [0, 0.05) is 6.42 Å². The molecule has 30 heavy (non-hydrogen) atoms. The highest BCUT2D eigenvalue weighted by atomic mass is 32.1. The van der Waals surface area contributed by atoms with Gasteiger partial charge in [-0.05, 0) is 48.9 Å². The second kappa shape index (κ2) is 8.88. The molecule has 0 aliphatic carbocycles. The van der Waals surface area contributed by atoms with Gasteiger partial charge < -0.3 is 10.1 Å². The molecule has 0 unspecified atom stereocenters. The molecule has 150 valence electrons. The Morgan fingerprint density at radius 3 is 2.47 bits per heavy atom. The number of nitrogens with zero attached hydrogens (tertiary/aromatic N) is 1. The van der Waals surface area contributed by atoms with Crippen LogP contribution in [-0.4, -0.2) is 10.9 Å². The number of carbonyl (C=O) groups excluding carboxylic acids is 1. The first-order valence-corrected chi connectivity index (χ1v) is 10.2. The van der Waals surface area contributed by atoms with Crippen LogP contribution in [0.5, 0.6) is 11.5 Å². The summed E-state index contributed by atoms with van der Waals surface area (Å²) in [6, 6.07) is 22.9. The molecule has 0 saturated carbocycles. The van der Waals surface area contributed by atoms with Crippen LogP contribution in [0, 0.1) is 12.7 Å². The molecule has 0 bridgehead atoms. The maximum atomic E-state index is 13.1. The molecule has 1 N–H and O–H groups in total. The quantitative estimate of drug-likeness (QED) is 0.404. The Labute approximate surface area is 178 Å². The lowest BCUT2D eigenvalue weighted by atomic mass is 10.2. The maximum absolute atomic E-state index is 13.1. The average Bonchev–Trinajstić information content (AvgIpc) is 3.12. The Morgan fingerprint density at radius 2 is 1.70 bits per heavy atom. The van der Waals surface area contributed by atoms with Gasteiger partial charge in [-0.1, -0.05) is 42.5 Å². The van der Waals surface area contributed by atoms with E-state index in [0.717, 1.165) is 10.6 Å². The molecule has 0 aliphatic heterocycles. The number of aromatic nitrogens is 1. The highest BCUT2D eigenvalue weighted by molar-refractivity contribution is 7.14. The lowest BCUT2D eigenvalue weighted by Crippen LogP contribution is -2.12. The summed E-state index contributed by atoms with van der Waals surface area (Å²) in [6.45, 7) is 1.83. The minimum absolute atomic E-state index is 0.237. The minimum Gasteiger partial charge on any atom is -0.455 e. The third-order valence-electron chi connectivity index (χ3n) is 4.42. The zero-order valence-corrected chi connectivity index (χ0v) is 17.1. The van der Waals surface area contributed by atoms with E-state index in [0.29, 0.717) is 34.2 Å². The molecule has 1 aromatic heterocycles. The van der Waals surface area contributed by atoms with Crippen molar-refractivity contribution in [2.75, 3.05) is 5.32 Å². The van der Waals surface area contributed by atoms with E-state index in [1.807, 2.05) is 49.4 Å². The number of nitrogens with one attached hydrogen (secondary N) is 1. The predicted octanol–water partition coefficient (Wildman–Crippen LogP) is 6.23. The summed E-state index contributed by atoms with van der Waals surface area (Å²) in [5.74, 6) is 0.386. The number of ether oxygens (including phenoxy) is 1. The number of anilines is 1. The van der Waals surface area contributed by atoms with E-state index in [9.17, 15) is 9.18 Å². The first-order chi connectivity index (χ1) is 14.6. The Balaban J connectivity index is 1.51. The van der Waals surface area contributed by atoms with Crippen LogP contribution in [0.4, 0.5) is 10.1 Å². The third kappa shape index (κ3) is 4.72. The summed E-state index contributed by atoms with van der Waals surface area (Å²) >= 11 is 1.39. The van der Waals surface area contributed by atoms with Crippen molar-refractivity contribution in [3.63, 3.8) is 0 Å². The van der Waals surface area contributed by atoms with Crippen LogP contribution in [0.25, 0.3) is 0 Å². The van der Waals surface area contributed by atoms with Crippen LogP contribution in [0.3, 0.4) is 0 Å². The van der Waals surface area contributed by atoms with Crippen molar-refractivity contribution in [1.29, 1.82) is 0 Å². The fourth-order valence-electron chi connectivity index (χ4n) is 2.98. The fourth-order valence-corrected chi connectivity index (χ4v) is 3.97. The number of amides is 1. The zero-order chi connectivity index (χ0) is 20.9. The van der Waals surface area contributed by atoms with Gasteiger partial charge in [0.2, 0.25) is 0 Å². The molecule has 0 aliphatic rings. The van der Waals surface area contributed by atoms with Crippen LogP contribution in [-0.2, 0) is 6.42 Å². The normalized spacial score (nSPS) is 10.6. The van der Waals surface area contributed by atoms with Crippen molar-refractivity contribution in [3.05, 3.63) is 106 Å². The first-order valence-electron chi connectivity index (χ1n) is 9.42. The van der Waals surface area contributed by atoms with Crippen LogP contribution >= 0.6 is 11.3 Å². The van der Waals surface area contributed by atoms with Gasteiger partial charge in [-0.25, -0.2) is 9.37 Å². The van der Waals surface area contributed by atoms with Gasteiger partial charge in [0.05, 0.1) is 16.4 Å². The van der Waals surface area contributed by atoms with Crippen LogP contribution in [0.1, 0.15) is 25.9 Å². The van der Waals surface area contributed by atoms with Crippen molar-refractivity contribution in [3.8, 4) is 11.5 Å². The van der Waals surface area contributed by atoms with Crippen LogP contribution in [0.2, 0.25) is 0 Å². The average molecular weight is 418 g/mol. The molecule has 6 heteroatoms. The molecular weight excluding hydrogens is 399 g/mol. The topological polar surface area (TPSA) is 51.2 Å². The Kier molecular flexibility index (Phi) is 5.86. The predicted molar refractivity (Wildman–Crippen MR) is 117 cm³/mol. The number of thiazole rings is 1. The molecule has 4 aromatic rings. The zero-order valence-electron chi connectivity index (χ0n) is 16.3. The minimum atomic E-state index is -0.337. The molecule has 0 fully saturated rings. The van der Waals surface area contributed by atoms with Gasteiger partial charge in [0.15, 0.2) is 5.75 Å². The summed E-state index contributed by atoms with van der Waals surface area (Å²) in [6.07, 6.45) is 0.684. The van der Waals surface area contributed by atoms with E-state index >= 15 is 0 Å². The summed E-state index contributed by atoms with van der Waals surface area (Å²) in [5, 5.41) is 3.80. The lowest BCUT2D eigenvalue weighted by Gasteiger charge is -2.12. The number of hydrogen-bond acceptors (Lipinski definition) is 4. The smallest absolute Gasteiger partial charge is 0.267 e. The lowest BCUT2D eigenvalue weighted by molar-refractivity contribution is 0.102. The molecular formula is C24H19FN2O2S. The van der Waals surface area contributed by atoms with Crippen LogP contribution < -0.4 is 10.1 Å². The van der Waals surface area contributed by atoms with E-state index < -0.39 is 0 Å². The number of para-hydroxylation sites is 2. The molecule has 4 nitrogen and oxygen atoms in total. The molecule has 0 saturated heterocycles. The molecule has 0 atom stereocenters. The second-order valence-corrected chi connectivity index (χ2v) is 7.77. The number of benzene rings is 3. The molecule has 0 radical (unpaired) electrons. The summed E-state index contributed by atoms with van der Waals surface area (Å²) in [4.78, 5) is 18.0. The molecule has 1 amide bonds. The van der Waals surface area contributed by atoms with Crippen LogP contribution in [0.15, 0.2) is 78.9 Å². The van der Waals surface area contributed by atoms with E-state index in [2.05, 4.69) is 10.3 Å². The van der Waals surface area contributed by atoms with E-state index in [-0.39, 0.29) is 11.7 Å². The second-order valence-electron chi connectivity index (χ2n) is 6.69. The van der Waals surface area contributed by atoms with Gasteiger partial charge in [0.25, 0.3) is 5.91 Å². The maximum Gasteiger partial charge on any atom is 0.267 e. The van der Waals surface area contributed by atoms with E-state index in [1.165, 1.54) is 35.6 Å². The molecule has 3 aromatic carbocycles. The van der Waals surface area contributed by atoms with Gasteiger partial charge in [-0.15, -0.1) is 11.3 Å². The Bertz CT molecular complexity index is 1160. The SMILES string of the molecule is Cc1nc(Cc2ccccc2)sc1C(=O)Nc1ccccc1Oc1ccc(F)cc1. The summed E-state index contributed by atoms with van der Waals surface area (Å²) in [5.41, 5.74) is 2.38. The highest BCUT2D eigenvalue weighted by Gasteiger charge is 2.17. The van der Waals surface area contributed by atoms with Crippen molar-refractivity contribution in [2.45, 2.75) is 13.3 Å². The Morgan fingerprint density at radius 1 is 1.00 bits per heavy atom. The Hall–Kier alpha value is -3.51. The van der Waals surface area contributed by atoms with E-state index in [1.54, 1.807) is 12.1 Å². The van der Waals surface area contributed by atoms with Crippen molar-refractivity contribution in [1.82, 2.24) is 4.98 Å². The van der Waals surface area contributed by atoms with Gasteiger partial charge >= 0.3 is 0 Å². The third-order valence-corrected chi connectivity index (χ3v) is 5.58. The summed E-state index contributed by atoms with van der Waals surface area (Å²) in [7, 11) is 0. The fraction of sp³-hybridized carbons (Fsp3) is 0.0833. The molecule has 1 heterocycles. The molecule has 0 spiro atoms. The standard InChI is InChI=1S/C24H19FN2O2S/c1-16-23(30-22(26-16)15-17-7-3-2-4-8-17)24(28)27-20-9-5-6-10-21(20)29-19-13-11-18(25)12-14-19/h2-14H,15H2,1H3,(H,27,28). The number of halogens is 1. The monoisotopic (exact) mass is 418 g/mol. The number of hydrogen-bond donors (Lipinski definition) is 1. The summed E-state index contributed by atoms with van der Waals surface area (Å²) < 4.78 is 18.9. The van der Waals surface area contributed by atoms with Crippen molar-refractivity contribution in [2.24, 2.45) is 0 Å². The first kappa shape index (κ1) is 19.8. The number of aryl methyl sites for hydroxylation is 1. The van der Waals surface area contributed by atoms with Crippen molar-refractivity contribution < 1.29 is 13.9 Å². The van der Waals surface area contributed by atoms with Crippen molar-refractivity contribution >= 4 is 22.9 Å². The largest absolute Gasteiger partial charge is 0.455 e. The number of rotatable bonds is 6.